The van der Waals surface area contributed by atoms with Gasteiger partial charge in [-0.3, -0.25) is 0 Å². The molecule has 4 rings (SSSR count). The molecule has 31 heavy (non-hydrogen) atoms. The number of benzene rings is 2. The molecule has 0 spiro atoms. The van der Waals surface area contributed by atoms with E-state index in [2.05, 4.69) is 0 Å². The Balaban J connectivity index is 1.57. The van der Waals surface area contributed by atoms with E-state index in [4.69, 9.17) is 4.74 Å². The van der Waals surface area contributed by atoms with Crippen molar-refractivity contribution in [3.8, 4) is 10.4 Å². The fraction of sp³-hybridized carbons (Fsp3) is 0.333. The third-order valence-corrected chi connectivity index (χ3v) is 6.88. The van der Waals surface area contributed by atoms with Crippen LogP contribution >= 0.6 is 11.3 Å². The summed E-state index contributed by atoms with van der Waals surface area (Å²) in [6, 6.07) is 16.2. The Morgan fingerprint density at radius 1 is 0.935 bits per heavy atom. The third kappa shape index (κ3) is 4.57. The van der Waals surface area contributed by atoms with Crippen molar-refractivity contribution in [2.75, 3.05) is 6.61 Å². The van der Waals surface area contributed by atoms with Crippen LogP contribution in [0.5, 0.6) is 0 Å². The van der Waals surface area contributed by atoms with Crippen molar-refractivity contribution in [3.63, 3.8) is 0 Å². The van der Waals surface area contributed by atoms with Gasteiger partial charge in [0, 0.05) is 16.2 Å². The Kier molecular flexibility index (Phi) is 6.52. The largest absolute Gasteiger partial charge is 0.394 e. The van der Waals surface area contributed by atoms with Crippen molar-refractivity contribution < 1.29 is 29.6 Å². The SMILES string of the molecule is Cc1ccc([C@@H]2O[C@@H](CO)[C@@H](O)[C@H](O)[C@@H]2O)cc1Cc1ccc(-c2ccc(F)cc2)s1. The molecular formula is C24H25FO5S. The van der Waals surface area contributed by atoms with Crippen LogP contribution in [0.1, 0.15) is 27.7 Å². The van der Waals surface area contributed by atoms with Gasteiger partial charge in [0.25, 0.3) is 0 Å². The van der Waals surface area contributed by atoms with Gasteiger partial charge >= 0.3 is 0 Å². The third-order valence-electron chi connectivity index (χ3n) is 5.75. The van der Waals surface area contributed by atoms with Gasteiger partial charge in [0.05, 0.1) is 6.61 Å². The Morgan fingerprint density at radius 3 is 2.39 bits per heavy atom. The van der Waals surface area contributed by atoms with Gasteiger partial charge in [-0.15, -0.1) is 11.3 Å². The van der Waals surface area contributed by atoms with Crippen LogP contribution in [-0.4, -0.2) is 51.4 Å². The van der Waals surface area contributed by atoms with E-state index >= 15 is 0 Å². The van der Waals surface area contributed by atoms with Crippen LogP contribution < -0.4 is 0 Å². The lowest BCUT2D eigenvalue weighted by Gasteiger charge is -2.40. The van der Waals surface area contributed by atoms with Crippen LogP contribution in [0.4, 0.5) is 4.39 Å². The molecule has 0 amide bonds. The number of aliphatic hydroxyl groups is 4. The van der Waals surface area contributed by atoms with Gasteiger partial charge in [0.1, 0.15) is 36.3 Å². The number of aliphatic hydroxyl groups excluding tert-OH is 4. The molecule has 1 fully saturated rings. The molecule has 1 aliphatic heterocycles. The average molecular weight is 445 g/mol. The summed E-state index contributed by atoms with van der Waals surface area (Å²) < 4.78 is 18.9. The van der Waals surface area contributed by atoms with E-state index in [1.807, 2.05) is 37.3 Å². The molecule has 7 heteroatoms. The molecule has 3 aromatic rings. The first kappa shape index (κ1) is 22.1. The quantitative estimate of drug-likeness (QED) is 0.486. The molecule has 0 bridgehead atoms. The summed E-state index contributed by atoms with van der Waals surface area (Å²) in [4.78, 5) is 2.19. The molecule has 0 radical (unpaired) electrons. The van der Waals surface area contributed by atoms with Gasteiger partial charge < -0.3 is 25.2 Å². The number of aryl methyl sites for hydroxylation is 1. The molecule has 5 nitrogen and oxygen atoms in total. The zero-order valence-electron chi connectivity index (χ0n) is 17.0. The highest BCUT2D eigenvalue weighted by Gasteiger charge is 2.43. The Hall–Kier alpha value is -2.13. The normalized spacial score (nSPS) is 26.2. The summed E-state index contributed by atoms with van der Waals surface area (Å²) >= 11 is 1.63. The van der Waals surface area contributed by atoms with Crippen LogP contribution in [0.15, 0.2) is 54.6 Å². The molecule has 1 saturated heterocycles. The van der Waals surface area contributed by atoms with E-state index in [9.17, 15) is 24.8 Å². The fourth-order valence-corrected chi connectivity index (χ4v) is 4.90. The smallest absolute Gasteiger partial charge is 0.123 e. The highest BCUT2D eigenvalue weighted by atomic mass is 32.1. The van der Waals surface area contributed by atoms with Crippen molar-refractivity contribution >= 4 is 11.3 Å². The van der Waals surface area contributed by atoms with E-state index in [0.717, 1.165) is 26.4 Å². The maximum atomic E-state index is 13.2. The van der Waals surface area contributed by atoms with Gasteiger partial charge in [-0.05, 0) is 53.4 Å². The number of rotatable bonds is 5. The lowest BCUT2D eigenvalue weighted by molar-refractivity contribution is -0.231. The minimum atomic E-state index is -1.41. The molecule has 164 valence electrons. The second kappa shape index (κ2) is 9.16. The molecule has 2 heterocycles. The number of thiophene rings is 1. The standard InChI is InChI=1S/C24H25FO5S/c1-13-2-3-15(24-23(29)22(28)21(27)19(12-26)30-24)10-16(13)11-18-8-9-20(31-18)14-4-6-17(25)7-5-14/h2-10,19,21-24,26-29H,11-12H2,1H3/t19-,21+,22-,23-,24-/m0/s1. The van der Waals surface area contributed by atoms with Crippen molar-refractivity contribution in [1.29, 1.82) is 0 Å². The summed E-state index contributed by atoms with van der Waals surface area (Å²) in [7, 11) is 0. The van der Waals surface area contributed by atoms with Crippen LogP contribution in [0.25, 0.3) is 10.4 Å². The molecule has 0 unspecified atom stereocenters. The van der Waals surface area contributed by atoms with Crippen LogP contribution in [0.3, 0.4) is 0 Å². The predicted molar refractivity (Wildman–Crippen MR) is 116 cm³/mol. The maximum absolute atomic E-state index is 13.2. The minimum absolute atomic E-state index is 0.263. The Labute approximate surface area is 184 Å². The van der Waals surface area contributed by atoms with Crippen molar-refractivity contribution in [2.45, 2.75) is 43.9 Å². The number of hydrogen-bond donors (Lipinski definition) is 4. The van der Waals surface area contributed by atoms with E-state index in [1.165, 1.54) is 12.1 Å². The molecular weight excluding hydrogens is 419 g/mol. The molecule has 4 N–H and O–H groups in total. The van der Waals surface area contributed by atoms with Crippen molar-refractivity contribution in [1.82, 2.24) is 0 Å². The maximum Gasteiger partial charge on any atom is 0.123 e. The number of hydrogen-bond acceptors (Lipinski definition) is 6. The van der Waals surface area contributed by atoms with Gasteiger partial charge in [0.2, 0.25) is 0 Å². The summed E-state index contributed by atoms with van der Waals surface area (Å²) in [5.41, 5.74) is 3.75. The van der Waals surface area contributed by atoms with Gasteiger partial charge in [0.15, 0.2) is 0 Å². The van der Waals surface area contributed by atoms with E-state index in [1.54, 1.807) is 23.5 Å². The molecule has 1 aromatic heterocycles. The topological polar surface area (TPSA) is 90.2 Å². The first-order valence-electron chi connectivity index (χ1n) is 10.1. The molecule has 5 atom stereocenters. The van der Waals surface area contributed by atoms with Crippen molar-refractivity contribution in [3.05, 3.63) is 82.0 Å². The average Bonchev–Trinajstić information content (AvgIpc) is 3.23. The van der Waals surface area contributed by atoms with Gasteiger partial charge in [-0.25, -0.2) is 4.39 Å². The van der Waals surface area contributed by atoms with Gasteiger partial charge in [-0.2, -0.15) is 0 Å². The second-order valence-electron chi connectivity index (χ2n) is 7.89. The summed E-state index contributed by atoms with van der Waals surface area (Å²) in [6.45, 7) is 1.54. The minimum Gasteiger partial charge on any atom is -0.394 e. The number of ether oxygens (including phenoxy) is 1. The molecule has 0 saturated carbocycles. The Bertz CT molecular complexity index is 1030. The van der Waals surface area contributed by atoms with Crippen LogP contribution in [0.2, 0.25) is 0 Å². The first-order chi connectivity index (χ1) is 14.9. The molecule has 1 aliphatic rings. The second-order valence-corrected chi connectivity index (χ2v) is 9.05. The Morgan fingerprint density at radius 2 is 1.68 bits per heavy atom. The van der Waals surface area contributed by atoms with Gasteiger partial charge in [-0.1, -0.05) is 30.3 Å². The summed E-state index contributed by atoms with van der Waals surface area (Å²) in [5.74, 6) is -0.263. The zero-order chi connectivity index (χ0) is 22.1. The van der Waals surface area contributed by atoms with Crippen LogP contribution in [0, 0.1) is 12.7 Å². The van der Waals surface area contributed by atoms with Crippen molar-refractivity contribution in [2.24, 2.45) is 0 Å². The van der Waals surface area contributed by atoms with E-state index in [-0.39, 0.29) is 5.82 Å². The molecule has 0 aliphatic carbocycles. The van der Waals surface area contributed by atoms with Crippen LogP contribution in [-0.2, 0) is 11.2 Å². The highest BCUT2D eigenvalue weighted by molar-refractivity contribution is 7.15. The predicted octanol–water partition coefficient (Wildman–Crippen LogP) is 2.97. The number of halogens is 1. The van der Waals surface area contributed by atoms with E-state index in [0.29, 0.717) is 12.0 Å². The summed E-state index contributed by atoms with van der Waals surface area (Å²) in [5, 5.41) is 40.0. The highest BCUT2D eigenvalue weighted by Crippen LogP contribution is 2.35. The van der Waals surface area contributed by atoms with E-state index < -0.39 is 37.1 Å². The lowest BCUT2D eigenvalue weighted by atomic mass is 9.89. The fourth-order valence-electron chi connectivity index (χ4n) is 3.87. The molecule has 2 aromatic carbocycles. The first-order valence-corrected chi connectivity index (χ1v) is 10.9. The summed E-state index contributed by atoms with van der Waals surface area (Å²) in [6.07, 6.45) is -5.21. The lowest BCUT2D eigenvalue weighted by Crippen LogP contribution is -2.55. The monoisotopic (exact) mass is 444 g/mol. The zero-order valence-corrected chi connectivity index (χ0v) is 17.8.